The van der Waals surface area contributed by atoms with Crippen LogP contribution in [0, 0.1) is 5.92 Å². The van der Waals surface area contributed by atoms with Gasteiger partial charge in [-0.2, -0.15) is 0 Å². The van der Waals surface area contributed by atoms with Gasteiger partial charge in [0.25, 0.3) is 0 Å². The zero-order valence-corrected chi connectivity index (χ0v) is 9.50. The van der Waals surface area contributed by atoms with E-state index in [4.69, 9.17) is 0 Å². The van der Waals surface area contributed by atoms with E-state index < -0.39 is 10.8 Å². The molecule has 15 heavy (non-hydrogen) atoms. The molecule has 1 aromatic heterocycles. The Morgan fingerprint density at radius 3 is 3.00 bits per heavy atom. The van der Waals surface area contributed by atoms with Gasteiger partial charge in [0.1, 0.15) is 0 Å². The lowest BCUT2D eigenvalue weighted by Crippen LogP contribution is -2.45. The van der Waals surface area contributed by atoms with E-state index in [0.29, 0.717) is 5.92 Å². The van der Waals surface area contributed by atoms with Crippen LogP contribution in [0.3, 0.4) is 0 Å². The van der Waals surface area contributed by atoms with Gasteiger partial charge in [-0.3, -0.25) is 9.19 Å². The van der Waals surface area contributed by atoms with E-state index in [1.807, 2.05) is 18.3 Å². The average molecular weight is 224 g/mol. The highest BCUT2D eigenvalue weighted by Crippen LogP contribution is 2.06. The average Bonchev–Trinajstić information content (AvgIpc) is 2.22. The van der Waals surface area contributed by atoms with Gasteiger partial charge in [0.15, 0.2) is 0 Å². The van der Waals surface area contributed by atoms with Gasteiger partial charge in [-0.15, -0.1) is 0 Å². The van der Waals surface area contributed by atoms with Crippen LogP contribution in [0.25, 0.3) is 0 Å². The van der Waals surface area contributed by atoms with E-state index in [2.05, 4.69) is 10.3 Å². The minimum absolute atomic E-state index is 0.639. The first-order valence-electron chi connectivity index (χ1n) is 5.29. The SMILES string of the molecule is O=S(CCc1cccnc1)CC1CNC1. The standard InChI is InChI=1S/C11H16N2OS/c14-15(9-11-7-13-8-11)5-3-10-2-1-4-12-6-10/h1-2,4,6,11,13H,3,5,7-9H2. The van der Waals surface area contributed by atoms with E-state index in [-0.39, 0.29) is 0 Å². The van der Waals surface area contributed by atoms with Crippen LogP contribution in [0.2, 0.25) is 0 Å². The fraction of sp³-hybridized carbons (Fsp3) is 0.545. The van der Waals surface area contributed by atoms with Crippen molar-refractivity contribution in [3.63, 3.8) is 0 Å². The number of aryl methyl sites for hydroxylation is 1. The van der Waals surface area contributed by atoms with Crippen LogP contribution in [-0.4, -0.2) is 33.8 Å². The quantitative estimate of drug-likeness (QED) is 0.796. The summed E-state index contributed by atoms with van der Waals surface area (Å²) >= 11 is 0. The Bertz CT molecular complexity index is 325. The molecule has 1 N–H and O–H groups in total. The molecule has 0 spiro atoms. The number of hydrogen-bond donors (Lipinski definition) is 1. The lowest BCUT2D eigenvalue weighted by Gasteiger charge is -2.26. The normalized spacial score (nSPS) is 18.4. The van der Waals surface area contributed by atoms with Crippen LogP contribution in [-0.2, 0) is 17.2 Å². The largest absolute Gasteiger partial charge is 0.316 e. The first-order chi connectivity index (χ1) is 7.34. The third-order valence-corrected chi connectivity index (χ3v) is 4.13. The topological polar surface area (TPSA) is 42.0 Å². The Hall–Kier alpha value is -0.740. The van der Waals surface area contributed by atoms with Crippen molar-refractivity contribution in [2.75, 3.05) is 24.6 Å². The van der Waals surface area contributed by atoms with Crippen LogP contribution in [0.5, 0.6) is 0 Å². The third-order valence-electron chi connectivity index (χ3n) is 2.63. The van der Waals surface area contributed by atoms with Crippen LogP contribution in [0.15, 0.2) is 24.5 Å². The van der Waals surface area contributed by atoms with Crippen molar-refractivity contribution in [3.05, 3.63) is 30.1 Å². The summed E-state index contributed by atoms with van der Waals surface area (Å²) in [7, 11) is -0.667. The van der Waals surface area contributed by atoms with Gasteiger partial charge in [-0.1, -0.05) is 6.07 Å². The summed E-state index contributed by atoms with van der Waals surface area (Å²) in [5.74, 6) is 2.26. The second-order valence-electron chi connectivity index (χ2n) is 3.95. The number of nitrogens with one attached hydrogen (secondary N) is 1. The number of hydrogen-bond acceptors (Lipinski definition) is 3. The molecule has 2 heterocycles. The molecule has 2 rings (SSSR count). The fourth-order valence-corrected chi connectivity index (χ4v) is 2.98. The number of pyridine rings is 1. The van der Waals surface area contributed by atoms with Crippen LogP contribution in [0.1, 0.15) is 5.56 Å². The maximum atomic E-state index is 11.7. The van der Waals surface area contributed by atoms with Crippen LogP contribution >= 0.6 is 0 Å². The lowest BCUT2D eigenvalue weighted by molar-refractivity contribution is 0.382. The van der Waals surface area contributed by atoms with Crippen LogP contribution < -0.4 is 5.32 Å². The molecule has 0 amide bonds. The summed E-state index contributed by atoms with van der Waals surface area (Å²) in [5, 5.41) is 3.20. The molecule has 3 nitrogen and oxygen atoms in total. The predicted molar refractivity (Wildman–Crippen MR) is 62.2 cm³/mol. The van der Waals surface area contributed by atoms with Gasteiger partial charge in [0, 0.05) is 47.8 Å². The Kier molecular flexibility index (Phi) is 3.86. The van der Waals surface area contributed by atoms with E-state index in [9.17, 15) is 4.21 Å². The molecule has 4 heteroatoms. The Labute approximate surface area is 92.8 Å². The molecular weight excluding hydrogens is 208 g/mol. The van der Waals surface area contributed by atoms with Gasteiger partial charge < -0.3 is 5.32 Å². The van der Waals surface area contributed by atoms with Crippen molar-refractivity contribution in [3.8, 4) is 0 Å². The smallest absolute Gasteiger partial charge is 0.0300 e. The molecule has 0 bridgehead atoms. The zero-order chi connectivity index (χ0) is 10.5. The van der Waals surface area contributed by atoms with Crippen molar-refractivity contribution in [2.45, 2.75) is 6.42 Å². The van der Waals surface area contributed by atoms with Gasteiger partial charge in [-0.25, -0.2) is 0 Å². The lowest BCUT2D eigenvalue weighted by atomic mass is 10.1. The van der Waals surface area contributed by atoms with Gasteiger partial charge in [0.2, 0.25) is 0 Å². The molecule has 0 aliphatic carbocycles. The van der Waals surface area contributed by atoms with Gasteiger partial charge >= 0.3 is 0 Å². The maximum Gasteiger partial charge on any atom is 0.0300 e. The summed E-state index contributed by atoms with van der Waals surface area (Å²) in [6.45, 7) is 2.08. The molecule has 1 saturated heterocycles. The van der Waals surface area contributed by atoms with E-state index >= 15 is 0 Å². The summed E-state index contributed by atoms with van der Waals surface area (Å²) in [4.78, 5) is 4.04. The van der Waals surface area contributed by atoms with Gasteiger partial charge in [-0.05, 0) is 24.0 Å². The minimum Gasteiger partial charge on any atom is -0.316 e. The second-order valence-corrected chi connectivity index (χ2v) is 5.57. The second kappa shape index (κ2) is 5.37. The monoisotopic (exact) mass is 224 g/mol. The molecule has 0 saturated carbocycles. The Balaban J connectivity index is 1.71. The first-order valence-corrected chi connectivity index (χ1v) is 6.78. The highest BCUT2D eigenvalue weighted by Gasteiger charge is 2.18. The summed E-state index contributed by atoms with van der Waals surface area (Å²) < 4.78 is 11.7. The molecule has 0 aromatic carbocycles. The molecule has 1 atom stereocenters. The highest BCUT2D eigenvalue weighted by molar-refractivity contribution is 7.84. The summed E-state index contributed by atoms with van der Waals surface area (Å²) in [6, 6.07) is 3.96. The van der Waals surface area contributed by atoms with Gasteiger partial charge in [0.05, 0.1) is 0 Å². The minimum atomic E-state index is -0.667. The number of nitrogens with zero attached hydrogens (tertiary/aromatic N) is 1. The predicted octanol–water partition coefficient (Wildman–Crippen LogP) is 0.592. The molecule has 1 aliphatic heterocycles. The summed E-state index contributed by atoms with van der Waals surface area (Å²) in [6.07, 6.45) is 4.49. The highest BCUT2D eigenvalue weighted by atomic mass is 32.2. The fourth-order valence-electron chi connectivity index (χ4n) is 1.59. The number of aromatic nitrogens is 1. The molecule has 1 aliphatic rings. The molecule has 1 fully saturated rings. The molecule has 1 aromatic rings. The Morgan fingerprint density at radius 2 is 2.40 bits per heavy atom. The third kappa shape index (κ3) is 3.39. The van der Waals surface area contributed by atoms with E-state index in [1.165, 1.54) is 5.56 Å². The van der Waals surface area contributed by atoms with Crippen molar-refractivity contribution < 1.29 is 4.21 Å². The van der Waals surface area contributed by atoms with Crippen molar-refractivity contribution in [2.24, 2.45) is 5.92 Å². The maximum absolute atomic E-state index is 11.7. The van der Waals surface area contributed by atoms with E-state index in [1.54, 1.807) is 6.20 Å². The zero-order valence-electron chi connectivity index (χ0n) is 8.69. The molecular formula is C11H16N2OS. The summed E-state index contributed by atoms with van der Waals surface area (Å²) in [5.41, 5.74) is 1.18. The van der Waals surface area contributed by atoms with Crippen LogP contribution in [0.4, 0.5) is 0 Å². The first kappa shape index (κ1) is 10.8. The van der Waals surface area contributed by atoms with Crippen molar-refractivity contribution in [1.29, 1.82) is 0 Å². The molecule has 0 radical (unpaired) electrons. The Morgan fingerprint density at radius 1 is 1.53 bits per heavy atom. The van der Waals surface area contributed by atoms with Crippen molar-refractivity contribution >= 4 is 10.8 Å². The molecule has 82 valence electrons. The number of rotatable bonds is 5. The van der Waals surface area contributed by atoms with Crippen molar-refractivity contribution in [1.82, 2.24) is 10.3 Å². The molecule has 1 unspecified atom stereocenters. The van der Waals surface area contributed by atoms with E-state index in [0.717, 1.165) is 31.0 Å².